The van der Waals surface area contributed by atoms with Crippen LogP contribution in [0, 0.1) is 5.92 Å². The average molecular weight is 352 g/mol. The second-order valence-corrected chi connectivity index (χ2v) is 9.22. The molecule has 1 N–H and O–H groups in total. The Bertz CT molecular complexity index is 445. The number of fused-ring (bicyclic) bond motifs is 3. The molecule has 0 atom stereocenters. The van der Waals surface area contributed by atoms with E-state index < -0.39 is 0 Å². The summed E-state index contributed by atoms with van der Waals surface area (Å²) in [6.07, 6.45) is 4.85. The number of hydrogen-bond acceptors (Lipinski definition) is 5. The van der Waals surface area contributed by atoms with Crippen LogP contribution in [0.2, 0.25) is 0 Å². The SMILES string of the molecule is CC(C)NC12CCC(CN3CCN(CC(=O)C(C)C)CC3)(CC1)OC2. The number of nitrogens with one attached hydrogen (secondary N) is 1. The minimum atomic E-state index is 0.0797. The van der Waals surface area contributed by atoms with Gasteiger partial charge in [0, 0.05) is 50.2 Å². The van der Waals surface area contributed by atoms with Gasteiger partial charge in [-0.2, -0.15) is 0 Å². The van der Waals surface area contributed by atoms with Crippen LogP contribution in [-0.4, -0.2) is 78.6 Å². The molecule has 0 spiro atoms. The van der Waals surface area contributed by atoms with Crippen LogP contribution in [0.1, 0.15) is 53.4 Å². The van der Waals surface area contributed by atoms with Crippen LogP contribution in [0.4, 0.5) is 0 Å². The van der Waals surface area contributed by atoms with E-state index in [-0.39, 0.29) is 17.1 Å². The molecule has 4 rings (SSSR count). The van der Waals surface area contributed by atoms with Crippen molar-refractivity contribution in [3.8, 4) is 0 Å². The van der Waals surface area contributed by atoms with Crippen LogP contribution in [0.15, 0.2) is 0 Å². The van der Waals surface area contributed by atoms with Crippen molar-refractivity contribution >= 4 is 5.78 Å². The summed E-state index contributed by atoms with van der Waals surface area (Å²) in [6.45, 7) is 15.1. The van der Waals surface area contributed by atoms with Crippen LogP contribution in [0.3, 0.4) is 0 Å². The van der Waals surface area contributed by atoms with Gasteiger partial charge >= 0.3 is 0 Å². The standard InChI is InChI=1S/C20H37N3O2/c1-16(2)18(24)13-22-9-11-23(12-10-22)14-20-7-5-19(6-8-20,15-25-20)21-17(3)4/h16-17,21H,5-15H2,1-4H3. The smallest absolute Gasteiger partial charge is 0.149 e. The summed E-state index contributed by atoms with van der Waals surface area (Å²) in [5.41, 5.74) is 0.308. The van der Waals surface area contributed by atoms with Crippen molar-refractivity contribution in [3.63, 3.8) is 0 Å². The average Bonchev–Trinajstić information content (AvgIpc) is 2.57. The fraction of sp³-hybridized carbons (Fsp3) is 0.950. The Kier molecular flexibility index (Phi) is 5.88. The number of Topliss-reactive ketones (excluding diaryl/α,β-unsaturated/α-hetero) is 1. The van der Waals surface area contributed by atoms with E-state index in [4.69, 9.17) is 4.74 Å². The molecule has 0 unspecified atom stereocenters. The van der Waals surface area contributed by atoms with E-state index in [9.17, 15) is 4.79 Å². The van der Waals surface area contributed by atoms with Gasteiger partial charge in [0.1, 0.15) is 5.78 Å². The molecule has 0 aromatic heterocycles. The van der Waals surface area contributed by atoms with Gasteiger partial charge in [0.05, 0.1) is 18.8 Å². The van der Waals surface area contributed by atoms with E-state index in [1.807, 2.05) is 13.8 Å². The van der Waals surface area contributed by atoms with Gasteiger partial charge in [-0.15, -0.1) is 0 Å². The molecule has 5 heteroatoms. The topological polar surface area (TPSA) is 44.8 Å². The predicted octanol–water partition coefficient (Wildman–Crippen LogP) is 1.91. The van der Waals surface area contributed by atoms with Gasteiger partial charge in [-0.1, -0.05) is 27.7 Å². The Morgan fingerprint density at radius 3 is 2.08 bits per heavy atom. The molecule has 3 heterocycles. The Labute approximate surface area is 153 Å². The first-order valence-corrected chi connectivity index (χ1v) is 10.2. The molecule has 0 aromatic rings. The van der Waals surface area contributed by atoms with Gasteiger partial charge in [0.25, 0.3) is 0 Å². The largest absolute Gasteiger partial charge is 0.372 e. The number of piperazine rings is 1. The fourth-order valence-electron chi connectivity index (χ4n) is 4.68. The van der Waals surface area contributed by atoms with Crippen LogP contribution >= 0.6 is 0 Å². The molecule has 2 bridgehead atoms. The third kappa shape index (κ3) is 4.62. The Hall–Kier alpha value is -0.490. The summed E-state index contributed by atoms with van der Waals surface area (Å²) in [7, 11) is 0. The van der Waals surface area contributed by atoms with Crippen molar-refractivity contribution in [2.75, 3.05) is 45.9 Å². The maximum atomic E-state index is 11.9. The number of ether oxygens (including phenoxy) is 1. The van der Waals surface area contributed by atoms with Crippen LogP contribution in [0.5, 0.6) is 0 Å². The lowest BCUT2D eigenvalue weighted by Crippen LogP contribution is -2.65. The van der Waals surface area contributed by atoms with Gasteiger partial charge in [-0.3, -0.25) is 14.6 Å². The highest BCUT2D eigenvalue weighted by molar-refractivity contribution is 5.82. The first kappa shape index (κ1) is 19.3. The molecular formula is C20H37N3O2. The van der Waals surface area contributed by atoms with Crippen molar-refractivity contribution in [1.82, 2.24) is 15.1 Å². The molecule has 1 saturated carbocycles. The van der Waals surface area contributed by atoms with Crippen molar-refractivity contribution in [2.45, 2.75) is 70.6 Å². The molecule has 25 heavy (non-hydrogen) atoms. The first-order chi connectivity index (χ1) is 11.8. The zero-order valence-corrected chi connectivity index (χ0v) is 16.6. The number of nitrogens with zero attached hydrogens (tertiary/aromatic N) is 2. The summed E-state index contributed by atoms with van der Waals surface area (Å²) in [5, 5.41) is 3.76. The second kappa shape index (κ2) is 7.63. The summed E-state index contributed by atoms with van der Waals surface area (Å²) in [5.74, 6) is 0.512. The summed E-state index contributed by atoms with van der Waals surface area (Å²) in [6, 6.07) is 0.524. The fourth-order valence-corrected chi connectivity index (χ4v) is 4.68. The van der Waals surface area contributed by atoms with Gasteiger partial charge in [-0.25, -0.2) is 0 Å². The van der Waals surface area contributed by atoms with E-state index in [0.717, 1.165) is 39.3 Å². The molecule has 0 aromatic carbocycles. The van der Waals surface area contributed by atoms with Crippen molar-refractivity contribution in [3.05, 3.63) is 0 Å². The predicted molar refractivity (Wildman–Crippen MR) is 101 cm³/mol. The monoisotopic (exact) mass is 351 g/mol. The van der Waals surface area contributed by atoms with E-state index in [2.05, 4.69) is 29.0 Å². The Balaban J connectivity index is 1.45. The molecule has 4 aliphatic rings. The molecule has 3 aliphatic heterocycles. The lowest BCUT2D eigenvalue weighted by Gasteiger charge is -2.55. The second-order valence-electron chi connectivity index (χ2n) is 9.22. The lowest BCUT2D eigenvalue weighted by molar-refractivity contribution is -0.174. The zero-order valence-electron chi connectivity index (χ0n) is 16.6. The quantitative estimate of drug-likeness (QED) is 0.759. The summed E-state index contributed by atoms with van der Waals surface area (Å²) >= 11 is 0. The van der Waals surface area contributed by atoms with E-state index >= 15 is 0 Å². The maximum Gasteiger partial charge on any atom is 0.149 e. The van der Waals surface area contributed by atoms with E-state index in [1.165, 1.54) is 25.7 Å². The lowest BCUT2D eigenvalue weighted by atomic mass is 9.70. The summed E-state index contributed by atoms with van der Waals surface area (Å²) < 4.78 is 6.42. The molecular weight excluding hydrogens is 314 g/mol. The van der Waals surface area contributed by atoms with Crippen molar-refractivity contribution in [2.24, 2.45) is 5.92 Å². The number of carbonyl (C=O) groups is 1. The minimum Gasteiger partial charge on any atom is -0.372 e. The van der Waals surface area contributed by atoms with Crippen LogP contribution in [0.25, 0.3) is 0 Å². The molecule has 5 nitrogen and oxygen atoms in total. The van der Waals surface area contributed by atoms with Crippen LogP contribution < -0.4 is 5.32 Å². The Morgan fingerprint density at radius 1 is 1.00 bits per heavy atom. The van der Waals surface area contributed by atoms with Crippen molar-refractivity contribution in [1.29, 1.82) is 0 Å². The molecule has 144 valence electrons. The number of rotatable bonds is 7. The van der Waals surface area contributed by atoms with Gasteiger partial charge in [-0.05, 0) is 25.7 Å². The highest BCUT2D eigenvalue weighted by Gasteiger charge is 2.50. The highest BCUT2D eigenvalue weighted by Crippen LogP contribution is 2.44. The maximum absolute atomic E-state index is 11.9. The Morgan fingerprint density at radius 2 is 1.60 bits per heavy atom. The summed E-state index contributed by atoms with van der Waals surface area (Å²) in [4.78, 5) is 16.8. The zero-order chi connectivity index (χ0) is 18.1. The van der Waals surface area contributed by atoms with Crippen molar-refractivity contribution < 1.29 is 9.53 Å². The van der Waals surface area contributed by atoms with Crippen LogP contribution in [-0.2, 0) is 9.53 Å². The normalized spacial score (nSPS) is 34.2. The van der Waals surface area contributed by atoms with E-state index in [1.54, 1.807) is 0 Å². The molecule has 1 aliphatic carbocycles. The first-order valence-electron chi connectivity index (χ1n) is 10.2. The van der Waals surface area contributed by atoms with Gasteiger partial charge < -0.3 is 10.1 Å². The third-order valence-corrected chi connectivity index (χ3v) is 6.37. The van der Waals surface area contributed by atoms with Gasteiger partial charge in [0.2, 0.25) is 0 Å². The van der Waals surface area contributed by atoms with E-state index in [0.29, 0.717) is 18.4 Å². The molecule has 0 amide bonds. The molecule has 3 saturated heterocycles. The highest BCUT2D eigenvalue weighted by atomic mass is 16.5. The molecule has 4 fully saturated rings. The number of carbonyl (C=O) groups excluding carboxylic acids is 1. The van der Waals surface area contributed by atoms with Gasteiger partial charge in [0.15, 0.2) is 0 Å². The number of hydrogen-bond donors (Lipinski definition) is 1. The third-order valence-electron chi connectivity index (χ3n) is 6.37. The molecule has 0 radical (unpaired) electrons. The number of ketones is 1. The minimum absolute atomic E-state index is 0.0797.